The monoisotopic (exact) mass is 379 g/mol. The van der Waals surface area contributed by atoms with Crippen LogP contribution in [0.2, 0.25) is 0 Å². The average molecular weight is 379 g/mol. The van der Waals surface area contributed by atoms with Crippen LogP contribution in [0.15, 0.2) is 6.33 Å². The first-order valence-electron chi connectivity index (χ1n) is 9.11. The number of aryl methyl sites for hydroxylation is 1. The molecule has 7 nitrogen and oxygen atoms in total. The number of aromatic amines is 1. The van der Waals surface area contributed by atoms with Crippen LogP contribution in [0.5, 0.6) is 0 Å². The molecule has 1 aliphatic carbocycles. The zero-order valence-electron chi connectivity index (χ0n) is 15.4. The number of hydrogen-bond donors (Lipinski definition) is 2. The number of piperidine rings is 1. The van der Waals surface area contributed by atoms with Crippen molar-refractivity contribution in [3.8, 4) is 0 Å². The van der Waals surface area contributed by atoms with Crippen LogP contribution in [-0.4, -0.2) is 69.6 Å². The molecule has 0 aromatic carbocycles. The molecule has 9 heteroatoms. The topological polar surface area (TPSA) is 85.3 Å². The van der Waals surface area contributed by atoms with E-state index in [0.717, 1.165) is 5.69 Å². The lowest BCUT2D eigenvalue weighted by Gasteiger charge is -2.43. The lowest BCUT2D eigenvalue weighted by atomic mass is 9.86. The second-order valence-corrected chi connectivity index (χ2v) is 7.75. The van der Waals surface area contributed by atoms with Crippen LogP contribution >= 0.6 is 0 Å². The van der Waals surface area contributed by atoms with Crippen LogP contribution in [0.3, 0.4) is 0 Å². The van der Waals surface area contributed by atoms with E-state index in [1.54, 1.807) is 19.0 Å². The highest BCUT2D eigenvalue weighted by molar-refractivity contribution is 5.92. The third-order valence-corrected chi connectivity index (χ3v) is 6.08. The van der Waals surface area contributed by atoms with Crippen molar-refractivity contribution in [3.63, 3.8) is 0 Å². The van der Waals surface area contributed by atoms with Crippen molar-refractivity contribution in [2.75, 3.05) is 32.1 Å². The third-order valence-electron chi connectivity index (χ3n) is 6.08. The Hall–Kier alpha value is -2.29. The van der Waals surface area contributed by atoms with Crippen LogP contribution in [0, 0.1) is 0 Å². The third kappa shape index (κ3) is 2.84. The van der Waals surface area contributed by atoms with Gasteiger partial charge in [0.25, 0.3) is 5.92 Å². The first-order valence-corrected chi connectivity index (χ1v) is 9.11. The van der Waals surface area contributed by atoms with E-state index in [4.69, 9.17) is 0 Å². The summed E-state index contributed by atoms with van der Waals surface area (Å²) in [6.45, 7) is 0.986. The van der Waals surface area contributed by atoms with E-state index in [1.165, 1.54) is 6.33 Å². The molecule has 146 valence electrons. The molecule has 1 aliphatic heterocycles. The molecule has 4 rings (SSSR count). The molecule has 0 atom stereocenters. The van der Waals surface area contributed by atoms with E-state index in [1.807, 2.05) is 4.90 Å². The lowest BCUT2D eigenvalue weighted by molar-refractivity contribution is -0.151. The van der Waals surface area contributed by atoms with E-state index in [-0.39, 0.29) is 12.8 Å². The van der Waals surface area contributed by atoms with Gasteiger partial charge in [-0.3, -0.25) is 9.69 Å². The van der Waals surface area contributed by atoms with Crippen molar-refractivity contribution < 1.29 is 18.7 Å². The minimum Gasteiger partial charge on any atom is -0.480 e. The fourth-order valence-corrected chi connectivity index (χ4v) is 4.36. The summed E-state index contributed by atoms with van der Waals surface area (Å²) >= 11 is 0. The largest absolute Gasteiger partial charge is 0.480 e. The number of aromatic nitrogens is 3. The standard InChI is InChI=1S/C18H23F2N5O2/c1-24(2)17(16(26)27)5-7-25(8-6-17)15-13-11-9-18(19,20)4-3-12(11)23-14(13)21-10-22-15/h10H,3-9H2,1-2H3,(H,26,27)(H,21,22,23). The fourth-order valence-electron chi connectivity index (χ4n) is 4.36. The Bertz CT molecular complexity index is 887. The number of nitrogens with one attached hydrogen (secondary N) is 1. The molecule has 0 unspecified atom stereocenters. The van der Waals surface area contributed by atoms with E-state index in [2.05, 4.69) is 15.0 Å². The Labute approximate surface area is 155 Å². The summed E-state index contributed by atoms with van der Waals surface area (Å²) in [6.07, 6.45) is 2.12. The number of anilines is 1. The molecule has 0 bridgehead atoms. The maximum atomic E-state index is 14.0. The predicted octanol–water partition coefficient (Wildman–Crippen LogP) is 2.07. The first-order chi connectivity index (χ1) is 12.7. The molecule has 0 spiro atoms. The number of carbonyl (C=O) groups is 1. The molecule has 1 saturated heterocycles. The minimum absolute atomic E-state index is 0.163. The molecule has 0 saturated carbocycles. The van der Waals surface area contributed by atoms with Crippen molar-refractivity contribution in [2.45, 2.75) is 43.6 Å². The quantitative estimate of drug-likeness (QED) is 0.849. The SMILES string of the molecule is CN(C)C1(C(=O)O)CCN(c2ncnc3[nH]c4c(c23)CC(F)(F)CC4)CC1. The van der Waals surface area contributed by atoms with Gasteiger partial charge in [-0.1, -0.05) is 0 Å². The van der Waals surface area contributed by atoms with Gasteiger partial charge in [-0.25, -0.2) is 18.7 Å². The zero-order valence-corrected chi connectivity index (χ0v) is 15.4. The van der Waals surface area contributed by atoms with Crippen molar-refractivity contribution in [1.82, 2.24) is 19.9 Å². The number of nitrogens with zero attached hydrogens (tertiary/aromatic N) is 4. The summed E-state index contributed by atoms with van der Waals surface area (Å²) in [7, 11) is 3.55. The molecule has 0 radical (unpaired) electrons. The van der Waals surface area contributed by atoms with E-state index in [0.29, 0.717) is 54.8 Å². The summed E-state index contributed by atoms with van der Waals surface area (Å²) in [4.78, 5) is 27.4. The highest BCUT2D eigenvalue weighted by Crippen LogP contribution is 2.40. The number of halogens is 2. The van der Waals surface area contributed by atoms with Gasteiger partial charge in [0.05, 0.1) is 5.39 Å². The number of likely N-dealkylation sites (N-methyl/N-ethyl adjacent to an activating group) is 1. The van der Waals surface area contributed by atoms with Crippen LogP contribution in [-0.2, 0) is 17.6 Å². The number of alkyl halides is 2. The molecule has 1 fully saturated rings. The number of H-pyrrole nitrogens is 1. The van der Waals surface area contributed by atoms with E-state index >= 15 is 0 Å². The molecule has 2 N–H and O–H groups in total. The summed E-state index contributed by atoms with van der Waals surface area (Å²) in [5.41, 5.74) is 1.07. The number of carboxylic acids is 1. The highest BCUT2D eigenvalue weighted by atomic mass is 19.3. The van der Waals surface area contributed by atoms with E-state index < -0.39 is 17.4 Å². The summed E-state index contributed by atoms with van der Waals surface area (Å²) < 4.78 is 28.0. The first kappa shape index (κ1) is 18.1. The van der Waals surface area contributed by atoms with Crippen molar-refractivity contribution >= 4 is 22.8 Å². The molecule has 2 aromatic rings. The van der Waals surface area contributed by atoms with Crippen LogP contribution in [0.1, 0.15) is 30.5 Å². The van der Waals surface area contributed by atoms with Crippen molar-refractivity contribution in [3.05, 3.63) is 17.6 Å². The van der Waals surface area contributed by atoms with Gasteiger partial charge in [0.2, 0.25) is 0 Å². The Morgan fingerprint density at radius 2 is 1.96 bits per heavy atom. The average Bonchev–Trinajstić information content (AvgIpc) is 2.98. The summed E-state index contributed by atoms with van der Waals surface area (Å²) in [5, 5.41) is 10.3. The Morgan fingerprint density at radius 3 is 2.59 bits per heavy atom. The molecule has 3 heterocycles. The second-order valence-electron chi connectivity index (χ2n) is 7.75. The maximum absolute atomic E-state index is 14.0. The molecule has 27 heavy (non-hydrogen) atoms. The number of carboxylic acid groups (broad SMARTS) is 1. The van der Waals surface area contributed by atoms with Gasteiger partial charge in [0.15, 0.2) is 0 Å². The smallest absolute Gasteiger partial charge is 0.324 e. The van der Waals surface area contributed by atoms with Gasteiger partial charge in [0.1, 0.15) is 23.3 Å². The summed E-state index contributed by atoms with van der Waals surface area (Å²) in [5.74, 6) is -2.94. The van der Waals surface area contributed by atoms with Crippen LogP contribution < -0.4 is 4.90 Å². The second kappa shape index (κ2) is 6.12. The Morgan fingerprint density at radius 1 is 1.26 bits per heavy atom. The van der Waals surface area contributed by atoms with Gasteiger partial charge in [-0.2, -0.15) is 0 Å². The van der Waals surface area contributed by atoms with Gasteiger partial charge >= 0.3 is 5.97 Å². The van der Waals surface area contributed by atoms with Gasteiger partial charge in [0, 0.05) is 31.6 Å². The number of rotatable bonds is 3. The normalized spacial score (nSPS) is 21.4. The Balaban J connectivity index is 1.70. The predicted molar refractivity (Wildman–Crippen MR) is 96.4 cm³/mol. The number of hydrogen-bond acceptors (Lipinski definition) is 5. The van der Waals surface area contributed by atoms with E-state index in [9.17, 15) is 18.7 Å². The fraction of sp³-hybridized carbons (Fsp3) is 0.611. The van der Waals surface area contributed by atoms with Gasteiger partial charge in [-0.15, -0.1) is 0 Å². The van der Waals surface area contributed by atoms with Gasteiger partial charge in [-0.05, 0) is 38.9 Å². The molecule has 2 aliphatic rings. The van der Waals surface area contributed by atoms with Crippen LogP contribution in [0.25, 0.3) is 11.0 Å². The number of aliphatic carboxylic acids is 1. The molecule has 0 amide bonds. The van der Waals surface area contributed by atoms with Crippen molar-refractivity contribution in [1.29, 1.82) is 0 Å². The number of fused-ring (bicyclic) bond motifs is 3. The van der Waals surface area contributed by atoms with Gasteiger partial charge < -0.3 is 15.0 Å². The van der Waals surface area contributed by atoms with Crippen LogP contribution in [0.4, 0.5) is 14.6 Å². The lowest BCUT2D eigenvalue weighted by Crippen LogP contribution is -2.57. The highest BCUT2D eigenvalue weighted by Gasteiger charge is 2.44. The maximum Gasteiger partial charge on any atom is 0.324 e. The van der Waals surface area contributed by atoms with Crippen molar-refractivity contribution in [2.24, 2.45) is 0 Å². The molecule has 2 aromatic heterocycles. The zero-order chi connectivity index (χ0) is 19.4. The Kier molecular flexibility index (Phi) is 4.10. The molecular weight excluding hydrogens is 356 g/mol. The summed E-state index contributed by atoms with van der Waals surface area (Å²) in [6, 6.07) is 0. The molecular formula is C18H23F2N5O2. The minimum atomic E-state index is -2.72.